The molecular weight excluding hydrogens is 390 g/mol. The van der Waals surface area contributed by atoms with E-state index < -0.39 is 10.0 Å². The van der Waals surface area contributed by atoms with Crippen molar-refractivity contribution in [3.05, 3.63) is 65.2 Å². The summed E-state index contributed by atoms with van der Waals surface area (Å²) < 4.78 is 30.0. The number of nitrogens with one attached hydrogen (secondary N) is 1. The van der Waals surface area contributed by atoms with E-state index in [1.54, 1.807) is 7.11 Å². The van der Waals surface area contributed by atoms with Crippen molar-refractivity contribution >= 4 is 15.9 Å². The minimum atomic E-state index is -3.11. The Labute approximate surface area is 172 Å². The second-order valence-corrected chi connectivity index (χ2v) is 9.11. The van der Waals surface area contributed by atoms with Gasteiger partial charge < -0.3 is 10.1 Å². The van der Waals surface area contributed by atoms with Crippen molar-refractivity contribution < 1.29 is 17.9 Å². The highest BCUT2D eigenvalue weighted by Gasteiger charge is 2.23. The fourth-order valence-electron chi connectivity index (χ4n) is 3.37. The Hall–Kier alpha value is -2.42. The van der Waals surface area contributed by atoms with Crippen LogP contribution in [0.25, 0.3) is 0 Å². The Morgan fingerprint density at radius 2 is 1.69 bits per heavy atom. The topological polar surface area (TPSA) is 79.0 Å². The molecule has 2 aromatic carbocycles. The van der Waals surface area contributed by atoms with E-state index in [0.29, 0.717) is 38.3 Å². The summed E-state index contributed by atoms with van der Waals surface area (Å²) in [5.41, 5.74) is 2.62. The van der Waals surface area contributed by atoms with Crippen LogP contribution in [0.1, 0.15) is 21.5 Å². The van der Waals surface area contributed by atoms with E-state index in [1.165, 1.54) is 10.6 Å². The number of methoxy groups -OCH3 is 1. The molecule has 1 fully saturated rings. The number of benzene rings is 2. The first-order valence-electron chi connectivity index (χ1n) is 9.53. The third kappa shape index (κ3) is 5.79. The van der Waals surface area contributed by atoms with E-state index in [-0.39, 0.29) is 5.91 Å². The molecule has 0 unspecified atom stereocenters. The van der Waals surface area contributed by atoms with Gasteiger partial charge in [-0.1, -0.05) is 30.3 Å². The quantitative estimate of drug-likeness (QED) is 0.742. The van der Waals surface area contributed by atoms with Gasteiger partial charge in [-0.15, -0.1) is 0 Å². The predicted molar refractivity (Wildman–Crippen MR) is 112 cm³/mol. The van der Waals surface area contributed by atoms with Crippen LogP contribution in [-0.4, -0.2) is 63.1 Å². The maximum atomic E-state index is 12.4. The summed E-state index contributed by atoms with van der Waals surface area (Å²) >= 11 is 0. The number of amides is 1. The molecule has 8 heteroatoms. The van der Waals surface area contributed by atoms with Gasteiger partial charge in [0.1, 0.15) is 5.75 Å². The van der Waals surface area contributed by atoms with Crippen molar-refractivity contribution in [2.24, 2.45) is 0 Å². The molecule has 0 bridgehead atoms. The van der Waals surface area contributed by atoms with Crippen LogP contribution in [0.15, 0.2) is 48.5 Å². The smallest absolute Gasteiger partial charge is 0.251 e. The van der Waals surface area contributed by atoms with Crippen LogP contribution in [0.5, 0.6) is 5.75 Å². The molecule has 1 aliphatic heterocycles. The molecule has 0 saturated carbocycles. The van der Waals surface area contributed by atoms with Crippen molar-refractivity contribution in [1.29, 1.82) is 0 Å². The SMILES string of the molecule is COc1ccccc1CNC(=O)c1ccc(CN2CCN(S(C)(=O)=O)CC2)cc1. The summed E-state index contributed by atoms with van der Waals surface area (Å²) in [6.45, 7) is 3.57. The summed E-state index contributed by atoms with van der Waals surface area (Å²) in [5.74, 6) is 0.614. The highest BCUT2D eigenvalue weighted by molar-refractivity contribution is 7.88. The van der Waals surface area contributed by atoms with E-state index >= 15 is 0 Å². The zero-order chi connectivity index (χ0) is 20.9. The zero-order valence-corrected chi connectivity index (χ0v) is 17.6. The Morgan fingerprint density at radius 1 is 1.03 bits per heavy atom. The Kier molecular flexibility index (Phi) is 6.89. The fourth-order valence-corrected chi connectivity index (χ4v) is 4.19. The van der Waals surface area contributed by atoms with Gasteiger partial charge in [0.15, 0.2) is 0 Å². The Balaban J connectivity index is 1.51. The van der Waals surface area contributed by atoms with Gasteiger partial charge in [0.2, 0.25) is 10.0 Å². The minimum Gasteiger partial charge on any atom is -0.496 e. The lowest BCUT2D eigenvalue weighted by Crippen LogP contribution is -2.47. The molecule has 7 nitrogen and oxygen atoms in total. The maximum absolute atomic E-state index is 12.4. The molecular formula is C21H27N3O4S. The summed E-state index contributed by atoms with van der Waals surface area (Å²) in [6, 6.07) is 15.1. The number of sulfonamides is 1. The van der Waals surface area contributed by atoms with Crippen LogP contribution < -0.4 is 10.1 Å². The average Bonchev–Trinajstić information content (AvgIpc) is 2.72. The van der Waals surface area contributed by atoms with Gasteiger partial charge in [0, 0.05) is 50.4 Å². The highest BCUT2D eigenvalue weighted by atomic mass is 32.2. The lowest BCUT2D eigenvalue weighted by Gasteiger charge is -2.33. The summed E-state index contributed by atoms with van der Waals surface area (Å²) in [5, 5.41) is 2.92. The maximum Gasteiger partial charge on any atom is 0.251 e. The van der Waals surface area contributed by atoms with Gasteiger partial charge in [0.05, 0.1) is 13.4 Å². The van der Waals surface area contributed by atoms with Crippen molar-refractivity contribution in [3.63, 3.8) is 0 Å². The first kappa shape index (κ1) is 21.3. The predicted octanol–water partition coefficient (Wildman–Crippen LogP) is 1.70. The summed E-state index contributed by atoms with van der Waals surface area (Å²) in [7, 11) is -1.50. The molecule has 1 aliphatic rings. The lowest BCUT2D eigenvalue weighted by molar-refractivity contribution is 0.0950. The number of hydrogen-bond acceptors (Lipinski definition) is 5. The molecule has 29 heavy (non-hydrogen) atoms. The molecule has 1 heterocycles. The number of carbonyl (C=O) groups excluding carboxylic acids is 1. The van der Waals surface area contributed by atoms with Gasteiger partial charge in [-0.25, -0.2) is 8.42 Å². The van der Waals surface area contributed by atoms with Crippen LogP contribution in [0.2, 0.25) is 0 Å². The van der Waals surface area contributed by atoms with Gasteiger partial charge in [-0.2, -0.15) is 4.31 Å². The number of rotatable bonds is 7. The van der Waals surface area contributed by atoms with Gasteiger partial charge in [-0.05, 0) is 23.8 Å². The van der Waals surface area contributed by atoms with E-state index in [2.05, 4.69) is 10.2 Å². The number of hydrogen-bond donors (Lipinski definition) is 1. The second-order valence-electron chi connectivity index (χ2n) is 7.13. The Morgan fingerprint density at radius 3 is 2.31 bits per heavy atom. The van der Waals surface area contributed by atoms with Gasteiger partial charge in [0.25, 0.3) is 5.91 Å². The number of piperazine rings is 1. The fraction of sp³-hybridized carbons (Fsp3) is 0.381. The van der Waals surface area contributed by atoms with Crippen LogP contribution in [0.4, 0.5) is 0 Å². The van der Waals surface area contributed by atoms with E-state index in [9.17, 15) is 13.2 Å². The number of nitrogens with zero attached hydrogens (tertiary/aromatic N) is 2. The zero-order valence-electron chi connectivity index (χ0n) is 16.8. The number of para-hydroxylation sites is 1. The molecule has 0 aliphatic carbocycles. The van der Waals surface area contributed by atoms with Crippen molar-refractivity contribution in [1.82, 2.24) is 14.5 Å². The first-order valence-corrected chi connectivity index (χ1v) is 11.4. The molecule has 1 N–H and O–H groups in total. The van der Waals surface area contributed by atoms with E-state index in [1.807, 2.05) is 48.5 Å². The largest absolute Gasteiger partial charge is 0.496 e. The molecule has 0 atom stereocenters. The average molecular weight is 418 g/mol. The summed E-state index contributed by atoms with van der Waals surface area (Å²) in [6.07, 6.45) is 1.25. The Bertz CT molecular complexity index is 937. The van der Waals surface area contributed by atoms with Crippen molar-refractivity contribution in [3.8, 4) is 5.75 Å². The third-order valence-corrected chi connectivity index (χ3v) is 6.36. The number of carbonyl (C=O) groups is 1. The van der Waals surface area contributed by atoms with Gasteiger partial charge in [-0.3, -0.25) is 9.69 Å². The molecule has 0 aromatic heterocycles. The van der Waals surface area contributed by atoms with Gasteiger partial charge >= 0.3 is 0 Å². The molecule has 2 aromatic rings. The summed E-state index contributed by atoms with van der Waals surface area (Å²) in [4.78, 5) is 14.6. The lowest BCUT2D eigenvalue weighted by atomic mass is 10.1. The molecule has 0 spiro atoms. The monoisotopic (exact) mass is 417 g/mol. The minimum absolute atomic E-state index is 0.135. The number of ether oxygens (including phenoxy) is 1. The molecule has 1 saturated heterocycles. The van der Waals surface area contributed by atoms with E-state index in [4.69, 9.17) is 4.74 Å². The first-order chi connectivity index (χ1) is 13.9. The second kappa shape index (κ2) is 9.39. The van der Waals surface area contributed by atoms with Crippen LogP contribution in [-0.2, 0) is 23.1 Å². The molecule has 1 amide bonds. The molecule has 0 radical (unpaired) electrons. The van der Waals surface area contributed by atoms with Crippen molar-refractivity contribution in [2.75, 3.05) is 39.5 Å². The third-order valence-electron chi connectivity index (χ3n) is 5.05. The van der Waals surface area contributed by atoms with Crippen LogP contribution >= 0.6 is 0 Å². The molecule has 156 valence electrons. The van der Waals surface area contributed by atoms with E-state index in [0.717, 1.165) is 23.4 Å². The van der Waals surface area contributed by atoms with Crippen molar-refractivity contribution in [2.45, 2.75) is 13.1 Å². The normalized spacial score (nSPS) is 15.8. The standard InChI is InChI=1S/C21H27N3O4S/c1-28-20-6-4-3-5-19(20)15-22-21(25)18-9-7-17(8-10-18)16-23-11-13-24(14-12-23)29(2,26)27/h3-10H,11-16H2,1-2H3,(H,22,25). The van der Waals surface area contributed by atoms with Crippen LogP contribution in [0.3, 0.4) is 0 Å². The molecule has 3 rings (SSSR count). The highest BCUT2D eigenvalue weighted by Crippen LogP contribution is 2.17. The van der Waals surface area contributed by atoms with Crippen LogP contribution in [0, 0.1) is 0 Å².